The lowest BCUT2D eigenvalue weighted by Crippen LogP contribution is -2.34. The number of carbonyl (C=O) groups excluding carboxylic acids is 1. The van der Waals surface area contributed by atoms with Crippen LogP contribution in [0.5, 0.6) is 5.75 Å². The van der Waals surface area contributed by atoms with Crippen molar-refractivity contribution in [3.63, 3.8) is 0 Å². The maximum atomic E-state index is 11.5. The summed E-state index contributed by atoms with van der Waals surface area (Å²) in [5.41, 5.74) is 0.435. The van der Waals surface area contributed by atoms with E-state index in [9.17, 15) is 9.90 Å². The molecule has 9 heteroatoms. The average molecular weight is 427 g/mol. The van der Waals surface area contributed by atoms with E-state index in [2.05, 4.69) is 23.9 Å². The van der Waals surface area contributed by atoms with Gasteiger partial charge in [-0.3, -0.25) is 0 Å². The second kappa shape index (κ2) is 16.2. The highest BCUT2D eigenvalue weighted by atomic mass is 16.5. The molecule has 0 bridgehead atoms. The third kappa shape index (κ3) is 12.7. The van der Waals surface area contributed by atoms with Crippen molar-refractivity contribution in [3.8, 4) is 5.75 Å². The van der Waals surface area contributed by atoms with Gasteiger partial charge in [-0.15, -0.1) is 0 Å². The van der Waals surface area contributed by atoms with Crippen molar-refractivity contribution < 1.29 is 39.2 Å². The molecule has 0 saturated carbocycles. The van der Waals surface area contributed by atoms with Gasteiger partial charge in [0.25, 0.3) is 0 Å². The normalized spacial score (nSPS) is 12.1. The number of ether oxygens (including phenoxy) is 2. The molecular weight excluding hydrogens is 394 g/mol. The van der Waals surface area contributed by atoms with Crippen LogP contribution < -0.4 is 10.1 Å². The predicted octanol–water partition coefficient (Wildman–Crippen LogP) is 2.17. The van der Waals surface area contributed by atoms with Crippen LogP contribution in [0.4, 0.5) is 0 Å². The first-order valence-electron chi connectivity index (χ1n) is 9.91. The van der Waals surface area contributed by atoms with E-state index in [-0.39, 0.29) is 6.61 Å². The number of hydrogen-bond donors (Lipinski definition) is 4. The lowest BCUT2D eigenvalue weighted by molar-refractivity contribution is -0.159. The Labute approximate surface area is 177 Å². The fraction of sp³-hybridized carbons (Fsp3) is 0.571. The molecule has 0 spiro atoms. The Morgan fingerprint density at radius 3 is 2.30 bits per heavy atom. The van der Waals surface area contributed by atoms with Gasteiger partial charge in [0.15, 0.2) is 0 Å². The van der Waals surface area contributed by atoms with Gasteiger partial charge in [-0.05, 0) is 37.1 Å². The van der Waals surface area contributed by atoms with E-state index in [1.165, 1.54) is 26.4 Å². The summed E-state index contributed by atoms with van der Waals surface area (Å²) in [5, 5.41) is 28.1. The summed E-state index contributed by atoms with van der Waals surface area (Å²) < 4.78 is 10.2. The van der Waals surface area contributed by atoms with Crippen molar-refractivity contribution in [1.29, 1.82) is 0 Å². The number of benzene rings is 1. The number of methoxy groups -OCH3 is 1. The molecule has 30 heavy (non-hydrogen) atoms. The average Bonchev–Trinajstić information content (AvgIpc) is 2.74. The van der Waals surface area contributed by atoms with Gasteiger partial charge in [0, 0.05) is 6.54 Å². The standard InChI is InChI=1S/C19H31NO4.C2H2O4/c1-4-6-8-15(5-2)12-20-13-17(21)14-24-18-10-7-9-16(11-18)19(22)23-3;3-1(4)2(5)6/h7,9-11,15,17,20-21H,4-6,8,12-14H2,1-3H3;(H,3,4)(H,5,6). The van der Waals surface area contributed by atoms with Crippen molar-refractivity contribution in [1.82, 2.24) is 5.32 Å². The second-order valence-corrected chi connectivity index (χ2v) is 6.67. The predicted molar refractivity (Wildman–Crippen MR) is 111 cm³/mol. The molecular formula is C21H33NO8. The maximum absolute atomic E-state index is 11.5. The topological polar surface area (TPSA) is 142 Å². The SMILES string of the molecule is CCCCC(CC)CNCC(O)COc1cccc(C(=O)OC)c1.O=C(O)C(=O)O. The molecule has 0 aliphatic heterocycles. The number of carboxylic acids is 2. The van der Waals surface area contributed by atoms with Crippen LogP contribution in [0.3, 0.4) is 0 Å². The summed E-state index contributed by atoms with van der Waals surface area (Å²) in [6, 6.07) is 6.76. The molecule has 0 aliphatic carbocycles. The number of carboxylic acid groups (broad SMARTS) is 2. The third-order valence-electron chi connectivity index (χ3n) is 4.24. The molecule has 1 aromatic rings. The highest BCUT2D eigenvalue weighted by molar-refractivity contribution is 6.27. The molecule has 1 aromatic carbocycles. The number of aliphatic hydroxyl groups is 1. The Morgan fingerprint density at radius 2 is 1.77 bits per heavy atom. The zero-order chi connectivity index (χ0) is 22.9. The van der Waals surface area contributed by atoms with Gasteiger partial charge in [0.1, 0.15) is 18.5 Å². The first-order valence-corrected chi connectivity index (χ1v) is 9.91. The van der Waals surface area contributed by atoms with E-state index in [4.69, 9.17) is 24.5 Å². The highest BCUT2D eigenvalue weighted by Crippen LogP contribution is 2.14. The van der Waals surface area contributed by atoms with E-state index in [1.807, 2.05) is 0 Å². The van der Waals surface area contributed by atoms with Crippen LogP contribution >= 0.6 is 0 Å². The molecule has 170 valence electrons. The molecule has 0 radical (unpaired) electrons. The Morgan fingerprint density at radius 1 is 1.10 bits per heavy atom. The Kier molecular flexibility index (Phi) is 14.8. The van der Waals surface area contributed by atoms with Crippen LogP contribution in [0.15, 0.2) is 24.3 Å². The minimum absolute atomic E-state index is 0.184. The molecule has 0 heterocycles. The van der Waals surface area contributed by atoms with E-state index < -0.39 is 24.0 Å². The fourth-order valence-electron chi connectivity index (χ4n) is 2.48. The molecule has 2 atom stereocenters. The maximum Gasteiger partial charge on any atom is 0.414 e. The lowest BCUT2D eigenvalue weighted by Gasteiger charge is -2.18. The van der Waals surface area contributed by atoms with Gasteiger partial charge in [-0.1, -0.05) is 39.2 Å². The summed E-state index contributed by atoms with van der Waals surface area (Å²) >= 11 is 0. The largest absolute Gasteiger partial charge is 0.491 e. The molecule has 1 rings (SSSR count). The Balaban J connectivity index is 0.00000122. The number of rotatable bonds is 12. The Bertz CT molecular complexity index is 638. The smallest absolute Gasteiger partial charge is 0.414 e. The van der Waals surface area contributed by atoms with Crippen molar-refractivity contribution in [2.45, 2.75) is 45.6 Å². The molecule has 0 aliphatic rings. The van der Waals surface area contributed by atoms with Crippen LogP contribution in [-0.4, -0.2) is 66.1 Å². The van der Waals surface area contributed by atoms with Crippen LogP contribution in [-0.2, 0) is 14.3 Å². The van der Waals surface area contributed by atoms with Gasteiger partial charge in [-0.25, -0.2) is 14.4 Å². The minimum Gasteiger partial charge on any atom is -0.491 e. The number of unbranched alkanes of at least 4 members (excludes halogenated alkanes) is 1. The van der Waals surface area contributed by atoms with E-state index in [1.54, 1.807) is 24.3 Å². The van der Waals surface area contributed by atoms with Crippen molar-refractivity contribution >= 4 is 17.9 Å². The van der Waals surface area contributed by atoms with Crippen molar-refractivity contribution in [2.24, 2.45) is 5.92 Å². The monoisotopic (exact) mass is 427 g/mol. The zero-order valence-corrected chi connectivity index (χ0v) is 17.8. The molecule has 0 aromatic heterocycles. The summed E-state index contributed by atoms with van der Waals surface area (Å²) in [6.45, 7) is 6.01. The number of esters is 1. The van der Waals surface area contributed by atoms with Crippen molar-refractivity contribution in [3.05, 3.63) is 29.8 Å². The van der Waals surface area contributed by atoms with Gasteiger partial charge < -0.3 is 30.1 Å². The molecule has 4 N–H and O–H groups in total. The first kappa shape index (κ1) is 27.4. The minimum atomic E-state index is -1.82. The van der Waals surface area contributed by atoms with E-state index in [0.717, 1.165) is 13.0 Å². The summed E-state index contributed by atoms with van der Waals surface area (Å²) in [7, 11) is 1.34. The lowest BCUT2D eigenvalue weighted by atomic mass is 9.99. The summed E-state index contributed by atoms with van der Waals surface area (Å²) in [6.07, 6.45) is 4.27. The number of carbonyl (C=O) groups is 3. The Hall–Kier alpha value is -2.65. The molecule has 0 saturated heterocycles. The molecule has 0 fully saturated rings. The van der Waals surface area contributed by atoms with Gasteiger partial charge in [0.05, 0.1) is 12.7 Å². The van der Waals surface area contributed by atoms with Gasteiger partial charge >= 0.3 is 17.9 Å². The van der Waals surface area contributed by atoms with Gasteiger partial charge in [0.2, 0.25) is 0 Å². The summed E-state index contributed by atoms with van der Waals surface area (Å²) in [5.74, 6) is -2.84. The molecule has 2 unspecified atom stereocenters. The third-order valence-corrected chi connectivity index (χ3v) is 4.24. The first-order chi connectivity index (χ1) is 14.2. The number of nitrogens with one attached hydrogen (secondary N) is 1. The number of hydrogen-bond acceptors (Lipinski definition) is 7. The van der Waals surface area contributed by atoms with Gasteiger partial charge in [-0.2, -0.15) is 0 Å². The molecule has 0 amide bonds. The fourth-order valence-corrected chi connectivity index (χ4v) is 2.48. The van der Waals surface area contributed by atoms with Crippen LogP contribution in [0, 0.1) is 5.92 Å². The second-order valence-electron chi connectivity index (χ2n) is 6.67. The van der Waals surface area contributed by atoms with Crippen molar-refractivity contribution in [2.75, 3.05) is 26.8 Å². The zero-order valence-electron chi connectivity index (χ0n) is 17.8. The number of aliphatic hydroxyl groups excluding tert-OH is 1. The number of aliphatic carboxylic acids is 2. The summed E-state index contributed by atoms with van der Waals surface area (Å²) in [4.78, 5) is 29.7. The van der Waals surface area contributed by atoms with Crippen LogP contribution in [0.1, 0.15) is 49.9 Å². The highest BCUT2D eigenvalue weighted by Gasteiger charge is 2.10. The van der Waals surface area contributed by atoms with E-state index >= 15 is 0 Å². The quantitative estimate of drug-likeness (QED) is 0.291. The molecule has 9 nitrogen and oxygen atoms in total. The van der Waals surface area contributed by atoms with Crippen LogP contribution in [0.25, 0.3) is 0 Å². The van der Waals surface area contributed by atoms with E-state index in [0.29, 0.717) is 23.8 Å². The van der Waals surface area contributed by atoms with Crippen LogP contribution in [0.2, 0.25) is 0 Å².